The fourth-order valence-electron chi connectivity index (χ4n) is 1.86. The number of nitrogens with zero attached hydrogens (tertiary/aromatic N) is 2. The Bertz CT molecular complexity index is 652. The normalized spacial score (nSPS) is 10.2. The molecule has 1 amide bonds. The minimum absolute atomic E-state index is 0.118. The van der Waals surface area contributed by atoms with Gasteiger partial charge in [-0.1, -0.05) is 12.1 Å². The SMILES string of the molecule is N#CCCN(Cc1ccco1)C(=O)CSc1ccccc1F. The molecule has 0 radical (unpaired) electrons. The van der Waals surface area contributed by atoms with Crippen molar-refractivity contribution in [2.75, 3.05) is 12.3 Å². The van der Waals surface area contributed by atoms with Crippen LogP contribution in [-0.4, -0.2) is 23.1 Å². The number of hydrogen-bond acceptors (Lipinski definition) is 4. The van der Waals surface area contributed by atoms with E-state index in [0.717, 1.165) is 11.8 Å². The summed E-state index contributed by atoms with van der Waals surface area (Å²) in [5, 5.41) is 8.70. The molecule has 0 spiro atoms. The number of amides is 1. The standard InChI is InChI=1S/C16H15FN2O2S/c17-14-6-1-2-7-15(14)22-12-16(20)19(9-4-8-18)11-13-5-3-10-21-13/h1-3,5-7,10H,4,9,11-12H2. The zero-order chi connectivity index (χ0) is 15.8. The van der Waals surface area contributed by atoms with Crippen molar-refractivity contribution in [3.63, 3.8) is 0 Å². The molecule has 0 aliphatic carbocycles. The van der Waals surface area contributed by atoms with Gasteiger partial charge in [-0.05, 0) is 24.3 Å². The molecule has 0 N–H and O–H groups in total. The van der Waals surface area contributed by atoms with Crippen LogP contribution in [0.5, 0.6) is 0 Å². The van der Waals surface area contributed by atoms with Crippen molar-refractivity contribution < 1.29 is 13.6 Å². The van der Waals surface area contributed by atoms with Gasteiger partial charge in [0.1, 0.15) is 11.6 Å². The van der Waals surface area contributed by atoms with Gasteiger partial charge < -0.3 is 9.32 Å². The zero-order valence-corrected chi connectivity index (χ0v) is 12.7. The summed E-state index contributed by atoms with van der Waals surface area (Å²) in [6.07, 6.45) is 1.78. The number of furan rings is 1. The van der Waals surface area contributed by atoms with Crippen LogP contribution in [0, 0.1) is 17.1 Å². The molecule has 114 valence electrons. The molecule has 22 heavy (non-hydrogen) atoms. The molecule has 0 unspecified atom stereocenters. The lowest BCUT2D eigenvalue weighted by atomic mass is 10.3. The molecule has 1 aromatic heterocycles. The number of carbonyl (C=O) groups is 1. The monoisotopic (exact) mass is 318 g/mol. The molecule has 1 heterocycles. The summed E-state index contributed by atoms with van der Waals surface area (Å²) in [6, 6.07) is 11.9. The first-order chi connectivity index (χ1) is 10.7. The Morgan fingerprint density at radius 1 is 1.32 bits per heavy atom. The van der Waals surface area contributed by atoms with Crippen molar-refractivity contribution in [2.45, 2.75) is 17.9 Å². The average molecular weight is 318 g/mol. The van der Waals surface area contributed by atoms with E-state index in [-0.39, 0.29) is 23.9 Å². The molecule has 0 aliphatic heterocycles. The van der Waals surface area contributed by atoms with Crippen LogP contribution in [0.15, 0.2) is 52.0 Å². The molecule has 6 heteroatoms. The van der Waals surface area contributed by atoms with Crippen molar-refractivity contribution >= 4 is 17.7 Å². The van der Waals surface area contributed by atoms with Gasteiger partial charge >= 0.3 is 0 Å². The second kappa shape index (κ2) is 8.25. The van der Waals surface area contributed by atoms with Crippen LogP contribution in [0.3, 0.4) is 0 Å². The number of benzene rings is 1. The first-order valence-electron chi connectivity index (χ1n) is 6.75. The van der Waals surface area contributed by atoms with Gasteiger partial charge in [-0.3, -0.25) is 4.79 Å². The van der Waals surface area contributed by atoms with Crippen molar-refractivity contribution in [1.29, 1.82) is 5.26 Å². The second-order valence-electron chi connectivity index (χ2n) is 4.52. The van der Waals surface area contributed by atoms with E-state index >= 15 is 0 Å². The van der Waals surface area contributed by atoms with Gasteiger partial charge in [0.05, 0.1) is 31.1 Å². The molecule has 0 atom stereocenters. The Morgan fingerprint density at radius 3 is 2.82 bits per heavy atom. The molecule has 4 nitrogen and oxygen atoms in total. The number of carbonyl (C=O) groups excluding carboxylic acids is 1. The van der Waals surface area contributed by atoms with Crippen LogP contribution in [-0.2, 0) is 11.3 Å². The highest BCUT2D eigenvalue weighted by Crippen LogP contribution is 2.21. The third-order valence-corrected chi connectivity index (χ3v) is 3.99. The van der Waals surface area contributed by atoms with Crippen LogP contribution in [0.1, 0.15) is 12.2 Å². The highest BCUT2D eigenvalue weighted by Gasteiger charge is 2.16. The van der Waals surface area contributed by atoms with E-state index in [2.05, 4.69) is 0 Å². The number of hydrogen-bond donors (Lipinski definition) is 0. The van der Waals surface area contributed by atoms with Crippen LogP contribution in [0.2, 0.25) is 0 Å². The Balaban J connectivity index is 1.96. The zero-order valence-electron chi connectivity index (χ0n) is 11.9. The first kappa shape index (κ1) is 16.1. The predicted octanol–water partition coefficient (Wildman–Crippen LogP) is 3.45. The fraction of sp³-hybridized carbons (Fsp3) is 0.250. The maximum Gasteiger partial charge on any atom is 0.233 e. The predicted molar refractivity (Wildman–Crippen MR) is 81.5 cm³/mol. The van der Waals surface area contributed by atoms with E-state index < -0.39 is 0 Å². The Hall–Kier alpha value is -2.26. The van der Waals surface area contributed by atoms with Crippen molar-refractivity contribution in [3.05, 3.63) is 54.2 Å². The Labute approximate surface area is 132 Å². The van der Waals surface area contributed by atoms with Crippen LogP contribution < -0.4 is 0 Å². The summed E-state index contributed by atoms with van der Waals surface area (Å²) in [5.41, 5.74) is 0. The van der Waals surface area contributed by atoms with Gasteiger partial charge in [0.15, 0.2) is 0 Å². The van der Waals surface area contributed by atoms with E-state index in [1.54, 1.807) is 35.2 Å². The smallest absolute Gasteiger partial charge is 0.233 e. The van der Waals surface area contributed by atoms with Crippen molar-refractivity contribution in [2.24, 2.45) is 0 Å². The average Bonchev–Trinajstić information content (AvgIpc) is 3.03. The van der Waals surface area contributed by atoms with Gasteiger partial charge in [0.25, 0.3) is 0 Å². The lowest BCUT2D eigenvalue weighted by Gasteiger charge is -2.20. The molecule has 0 saturated heterocycles. The third-order valence-electron chi connectivity index (χ3n) is 2.96. The van der Waals surface area contributed by atoms with Gasteiger partial charge in [-0.15, -0.1) is 11.8 Å². The molecule has 0 saturated carbocycles. The molecular formula is C16H15FN2O2S. The molecule has 0 aliphatic rings. The van der Waals surface area contributed by atoms with Crippen molar-refractivity contribution in [3.8, 4) is 6.07 Å². The summed E-state index contributed by atoms with van der Waals surface area (Å²) < 4.78 is 18.8. The van der Waals surface area contributed by atoms with Gasteiger partial charge in [0, 0.05) is 11.4 Å². The lowest BCUT2D eigenvalue weighted by Crippen LogP contribution is -2.32. The number of halogens is 1. The van der Waals surface area contributed by atoms with E-state index in [0.29, 0.717) is 23.7 Å². The first-order valence-corrected chi connectivity index (χ1v) is 7.73. The minimum Gasteiger partial charge on any atom is -0.467 e. The lowest BCUT2D eigenvalue weighted by molar-refractivity contribution is -0.129. The molecular weight excluding hydrogens is 303 g/mol. The van der Waals surface area contributed by atoms with E-state index in [1.165, 1.54) is 12.3 Å². The number of thioether (sulfide) groups is 1. The Kier molecular flexibility index (Phi) is 6.04. The Morgan fingerprint density at radius 2 is 2.14 bits per heavy atom. The van der Waals surface area contributed by atoms with Crippen molar-refractivity contribution in [1.82, 2.24) is 4.90 Å². The largest absolute Gasteiger partial charge is 0.467 e. The summed E-state index contributed by atoms with van der Waals surface area (Å²) in [7, 11) is 0. The third kappa shape index (κ3) is 4.64. The second-order valence-corrected chi connectivity index (χ2v) is 5.54. The quantitative estimate of drug-likeness (QED) is 0.734. The number of rotatable bonds is 7. The molecule has 2 aromatic rings. The van der Waals surface area contributed by atoms with E-state index in [9.17, 15) is 9.18 Å². The van der Waals surface area contributed by atoms with Crippen LogP contribution in [0.4, 0.5) is 4.39 Å². The highest BCUT2D eigenvalue weighted by atomic mass is 32.2. The summed E-state index contributed by atoms with van der Waals surface area (Å²) >= 11 is 1.15. The van der Waals surface area contributed by atoms with E-state index in [4.69, 9.17) is 9.68 Å². The minimum atomic E-state index is -0.338. The molecule has 2 rings (SSSR count). The van der Waals surface area contributed by atoms with Crippen LogP contribution in [0.25, 0.3) is 0 Å². The van der Waals surface area contributed by atoms with E-state index in [1.807, 2.05) is 6.07 Å². The highest BCUT2D eigenvalue weighted by molar-refractivity contribution is 8.00. The summed E-state index contributed by atoms with van der Waals surface area (Å²) in [4.78, 5) is 14.3. The van der Waals surface area contributed by atoms with Gasteiger partial charge in [-0.25, -0.2) is 4.39 Å². The fourth-order valence-corrected chi connectivity index (χ4v) is 2.70. The molecule has 0 fully saturated rings. The maximum atomic E-state index is 13.5. The maximum absolute atomic E-state index is 13.5. The van der Waals surface area contributed by atoms with Gasteiger partial charge in [0.2, 0.25) is 5.91 Å². The summed E-state index contributed by atoms with van der Waals surface area (Å²) in [6.45, 7) is 0.638. The summed E-state index contributed by atoms with van der Waals surface area (Å²) in [5.74, 6) is 0.282. The molecule has 1 aromatic carbocycles. The number of nitriles is 1. The topological polar surface area (TPSA) is 57.2 Å². The molecule has 0 bridgehead atoms. The van der Waals surface area contributed by atoms with Crippen LogP contribution >= 0.6 is 11.8 Å². The van der Waals surface area contributed by atoms with Gasteiger partial charge in [-0.2, -0.15) is 5.26 Å².